The van der Waals surface area contributed by atoms with Gasteiger partial charge in [0.2, 0.25) is 0 Å². The first-order valence-corrected chi connectivity index (χ1v) is 4.89. The summed E-state index contributed by atoms with van der Waals surface area (Å²) in [5.74, 6) is -0.796. The van der Waals surface area contributed by atoms with E-state index >= 15 is 0 Å². The van der Waals surface area contributed by atoms with Gasteiger partial charge in [0.1, 0.15) is 11.6 Å². The molecule has 84 valence electrons. The van der Waals surface area contributed by atoms with Crippen molar-refractivity contribution in [2.24, 2.45) is 11.7 Å². The smallest absolute Gasteiger partial charge is 0.130 e. The van der Waals surface area contributed by atoms with Crippen molar-refractivity contribution >= 4 is 12.4 Å². The molecule has 0 spiro atoms. The van der Waals surface area contributed by atoms with E-state index in [4.69, 9.17) is 5.73 Å². The SMILES string of the molecule is Cl.NC(c1c(F)cccc1F)C1CCC1. The lowest BCUT2D eigenvalue weighted by atomic mass is 9.77. The first-order chi connectivity index (χ1) is 6.70. The second kappa shape index (κ2) is 4.90. The van der Waals surface area contributed by atoms with Gasteiger partial charge < -0.3 is 5.73 Å². The van der Waals surface area contributed by atoms with Crippen molar-refractivity contribution in [1.82, 2.24) is 0 Å². The molecule has 1 aliphatic rings. The van der Waals surface area contributed by atoms with Crippen molar-refractivity contribution in [3.63, 3.8) is 0 Å². The van der Waals surface area contributed by atoms with Crippen molar-refractivity contribution in [3.05, 3.63) is 35.4 Å². The largest absolute Gasteiger partial charge is 0.324 e. The summed E-state index contributed by atoms with van der Waals surface area (Å²) < 4.78 is 26.6. The van der Waals surface area contributed by atoms with E-state index in [1.54, 1.807) is 0 Å². The molecule has 1 unspecified atom stereocenters. The lowest BCUT2D eigenvalue weighted by Gasteiger charge is -2.31. The highest BCUT2D eigenvalue weighted by atomic mass is 35.5. The van der Waals surface area contributed by atoms with Crippen LogP contribution in [0.25, 0.3) is 0 Å². The molecule has 0 bridgehead atoms. The number of hydrogen-bond donors (Lipinski definition) is 1. The molecule has 1 saturated carbocycles. The molecule has 0 saturated heterocycles. The van der Waals surface area contributed by atoms with Crippen LogP contribution in [0.2, 0.25) is 0 Å². The summed E-state index contributed by atoms with van der Waals surface area (Å²) in [6.45, 7) is 0. The molecular weight excluding hydrogens is 220 g/mol. The van der Waals surface area contributed by atoms with Crippen LogP contribution in [0, 0.1) is 17.6 Å². The van der Waals surface area contributed by atoms with Crippen LogP contribution >= 0.6 is 12.4 Å². The van der Waals surface area contributed by atoms with Gasteiger partial charge in [0.15, 0.2) is 0 Å². The zero-order chi connectivity index (χ0) is 10.1. The van der Waals surface area contributed by atoms with Crippen LogP contribution in [0.1, 0.15) is 30.9 Å². The van der Waals surface area contributed by atoms with Crippen molar-refractivity contribution in [2.45, 2.75) is 25.3 Å². The summed E-state index contributed by atoms with van der Waals surface area (Å²) in [5.41, 5.74) is 5.87. The van der Waals surface area contributed by atoms with E-state index < -0.39 is 17.7 Å². The summed E-state index contributed by atoms with van der Waals surface area (Å²) in [7, 11) is 0. The zero-order valence-corrected chi connectivity index (χ0v) is 9.07. The van der Waals surface area contributed by atoms with Crippen molar-refractivity contribution < 1.29 is 8.78 Å². The van der Waals surface area contributed by atoms with Gasteiger partial charge in [-0.15, -0.1) is 12.4 Å². The molecule has 0 heterocycles. The molecule has 0 radical (unpaired) electrons. The first-order valence-electron chi connectivity index (χ1n) is 4.89. The topological polar surface area (TPSA) is 26.0 Å². The molecule has 0 aliphatic heterocycles. The second-order valence-corrected chi connectivity index (χ2v) is 3.85. The summed E-state index contributed by atoms with van der Waals surface area (Å²) in [4.78, 5) is 0. The minimum Gasteiger partial charge on any atom is -0.324 e. The van der Waals surface area contributed by atoms with E-state index in [0.717, 1.165) is 19.3 Å². The number of benzene rings is 1. The van der Waals surface area contributed by atoms with Crippen LogP contribution < -0.4 is 5.73 Å². The molecule has 0 aromatic heterocycles. The molecular formula is C11H14ClF2N. The Balaban J connectivity index is 0.00000112. The lowest BCUT2D eigenvalue weighted by molar-refractivity contribution is 0.256. The van der Waals surface area contributed by atoms with Gasteiger partial charge in [0.25, 0.3) is 0 Å². The van der Waals surface area contributed by atoms with Gasteiger partial charge in [-0.1, -0.05) is 12.5 Å². The molecule has 15 heavy (non-hydrogen) atoms. The fraction of sp³-hybridized carbons (Fsp3) is 0.455. The monoisotopic (exact) mass is 233 g/mol. The number of nitrogens with two attached hydrogens (primary N) is 1. The third-order valence-electron chi connectivity index (χ3n) is 2.99. The van der Waals surface area contributed by atoms with Gasteiger partial charge >= 0.3 is 0 Å². The summed E-state index contributed by atoms with van der Waals surface area (Å²) in [6.07, 6.45) is 3.08. The zero-order valence-electron chi connectivity index (χ0n) is 8.25. The molecule has 1 aromatic rings. The standard InChI is InChI=1S/C11H13F2N.ClH/c12-8-5-2-6-9(13)10(8)11(14)7-3-1-4-7;/h2,5-7,11H,1,3-4,14H2;1H. The summed E-state index contributed by atoms with van der Waals surface area (Å²) in [6, 6.07) is 3.40. The molecule has 1 atom stereocenters. The first kappa shape index (κ1) is 12.4. The minimum atomic E-state index is -0.524. The molecule has 2 rings (SSSR count). The molecule has 1 aliphatic carbocycles. The fourth-order valence-corrected chi connectivity index (χ4v) is 1.86. The number of halogens is 3. The highest BCUT2D eigenvalue weighted by molar-refractivity contribution is 5.85. The highest BCUT2D eigenvalue weighted by Gasteiger charge is 2.29. The van der Waals surface area contributed by atoms with Gasteiger partial charge in [-0.25, -0.2) is 8.78 Å². The average molecular weight is 234 g/mol. The third-order valence-corrected chi connectivity index (χ3v) is 2.99. The van der Waals surface area contributed by atoms with Crippen LogP contribution in [0.5, 0.6) is 0 Å². The third kappa shape index (κ3) is 2.29. The molecule has 0 amide bonds. The van der Waals surface area contributed by atoms with Crippen LogP contribution in [0.15, 0.2) is 18.2 Å². The van der Waals surface area contributed by atoms with Gasteiger partial charge in [0.05, 0.1) is 0 Å². The summed E-state index contributed by atoms with van der Waals surface area (Å²) >= 11 is 0. The van der Waals surface area contributed by atoms with Gasteiger partial charge in [-0.3, -0.25) is 0 Å². The fourth-order valence-electron chi connectivity index (χ4n) is 1.86. The Bertz CT molecular complexity index is 319. The Labute approximate surface area is 94.1 Å². The molecule has 1 aromatic carbocycles. The predicted molar refractivity (Wildman–Crippen MR) is 57.9 cm³/mol. The maximum atomic E-state index is 13.3. The van der Waals surface area contributed by atoms with Crippen LogP contribution in [-0.4, -0.2) is 0 Å². The van der Waals surface area contributed by atoms with Gasteiger partial charge in [0, 0.05) is 11.6 Å². The molecule has 2 N–H and O–H groups in total. The van der Waals surface area contributed by atoms with E-state index in [9.17, 15) is 8.78 Å². The molecule has 4 heteroatoms. The highest BCUT2D eigenvalue weighted by Crippen LogP contribution is 2.37. The maximum absolute atomic E-state index is 13.3. The van der Waals surface area contributed by atoms with E-state index in [2.05, 4.69) is 0 Å². The van der Waals surface area contributed by atoms with E-state index in [-0.39, 0.29) is 23.9 Å². The van der Waals surface area contributed by atoms with Gasteiger partial charge in [-0.2, -0.15) is 0 Å². The quantitative estimate of drug-likeness (QED) is 0.834. The second-order valence-electron chi connectivity index (χ2n) is 3.85. The maximum Gasteiger partial charge on any atom is 0.130 e. The van der Waals surface area contributed by atoms with Crippen molar-refractivity contribution in [1.29, 1.82) is 0 Å². The van der Waals surface area contributed by atoms with E-state index in [1.165, 1.54) is 18.2 Å². The van der Waals surface area contributed by atoms with E-state index in [1.807, 2.05) is 0 Å². The average Bonchev–Trinajstić information content (AvgIpc) is 2.00. The Kier molecular flexibility index (Phi) is 4.05. The Hall–Kier alpha value is -0.670. The van der Waals surface area contributed by atoms with Gasteiger partial charge in [-0.05, 0) is 30.9 Å². The Morgan fingerprint density at radius 2 is 1.73 bits per heavy atom. The number of hydrogen-bond acceptors (Lipinski definition) is 1. The minimum absolute atomic E-state index is 0. The molecule has 1 fully saturated rings. The Morgan fingerprint density at radius 1 is 1.20 bits per heavy atom. The van der Waals surface area contributed by atoms with E-state index in [0.29, 0.717) is 0 Å². The number of rotatable bonds is 2. The Morgan fingerprint density at radius 3 is 2.13 bits per heavy atom. The predicted octanol–water partition coefficient (Wildman–Crippen LogP) is 3.19. The van der Waals surface area contributed by atoms with Crippen LogP contribution in [0.4, 0.5) is 8.78 Å². The molecule has 1 nitrogen and oxygen atoms in total. The van der Waals surface area contributed by atoms with Crippen molar-refractivity contribution in [2.75, 3.05) is 0 Å². The van der Waals surface area contributed by atoms with Crippen LogP contribution in [0.3, 0.4) is 0 Å². The lowest BCUT2D eigenvalue weighted by Crippen LogP contribution is -2.28. The van der Waals surface area contributed by atoms with Crippen LogP contribution in [-0.2, 0) is 0 Å². The normalized spacial score (nSPS) is 17.8. The summed E-state index contributed by atoms with van der Waals surface area (Å²) in [5, 5.41) is 0. The van der Waals surface area contributed by atoms with Crippen molar-refractivity contribution in [3.8, 4) is 0 Å².